The molecule has 88 valence electrons. The molecular formula is C14H16N2S. The maximum absolute atomic E-state index is 4.74. The normalized spacial score (nSPS) is 19.3. The van der Waals surface area contributed by atoms with Crippen molar-refractivity contribution in [1.29, 1.82) is 0 Å². The largest absolute Gasteiger partial charge is 0.289 e. The summed E-state index contributed by atoms with van der Waals surface area (Å²) in [6, 6.07) is 6.53. The summed E-state index contributed by atoms with van der Waals surface area (Å²) in [6.45, 7) is 5.54. The summed E-state index contributed by atoms with van der Waals surface area (Å²) in [5, 5.41) is 0. The van der Waals surface area contributed by atoms with Gasteiger partial charge in [-0.1, -0.05) is 19.9 Å². The molecule has 0 atom stereocenters. The van der Waals surface area contributed by atoms with Gasteiger partial charge in [-0.3, -0.25) is 4.99 Å². The van der Waals surface area contributed by atoms with Crippen molar-refractivity contribution in [2.24, 2.45) is 10.4 Å². The van der Waals surface area contributed by atoms with E-state index in [9.17, 15) is 0 Å². The quantitative estimate of drug-likeness (QED) is 0.746. The molecule has 0 unspecified atom stereocenters. The Morgan fingerprint density at radius 3 is 3.00 bits per heavy atom. The molecule has 2 heterocycles. The van der Waals surface area contributed by atoms with Crippen LogP contribution >= 0.6 is 11.3 Å². The fourth-order valence-corrected chi connectivity index (χ4v) is 3.19. The Morgan fingerprint density at radius 1 is 1.29 bits per heavy atom. The molecule has 0 fully saturated rings. The van der Waals surface area contributed by atoms with Gasteiger partial charge in [0.25, 0.3) is 0 Å². The monoisotopic (exact) mass is 244 g/mol. The Kier molecular flexibility index (Phi) is 2.51. The summed E-state index contributed by atoms with van der Waals surface area (Å²) in [6.07, 6.45) is 2.43. The third kappa shape index (κ3) is 1.89. The number of fused-ring (bicyclic) bond motifs is 1. The lowest BCUT2D eigenvalue weighted by Crippen LogP contribution is -2.29. The van der Waals surface area contributed by atoms with Crippen LogP contribution in [-0.4, -0.2) is 17.2 Å². The number of benzene rings is 1. The lowest BCUT2D eigenvalue weighted by molar-refractivity contribution is 0.440. The highest BCUT2D eigenvalue weighted by atomic mass is 32.1. The Labute approximate surface area is 105 Å². The van der Waals surface area contributed by atoms with Crippen LogP contribution in [0, 0.1) is 5.41 Å². The fraction of sp³-hybridized carbons (Fsp3) is 0.429. The summed E-state index contributed by atoms with van der Waals surface area (Å²) >= 11 is 1.69. The summed E-state index contributed by atoms with van der Waals surface area (Å²) in [5.74, 6) is 0. The Balaban J connectivity index is 2.11. The van der Waals surface area contributed by atoms with Gasteiger partial charge in [0, 0.05) is 17.7 Å². The molecule has 2 aromatic rings. The van der Waals surface area contributed by atoms with Gasteiger partial charge in [0.05, 0.1) is 15.7 Å². The molecule has 3 rings (SSSR count). The fourth-order valence-electron chi connectivity index (χ4n) is 2.53. The molecule has 0 saturated heterocycles. The second kappa shape index (κ2) is 3.91. The van der Waals surface area contributed by atoms with Crippen molar-refractivity contribution in [3.63, 3.8) is 0 Å². The molecule has 0 radical (unpaired) electrons. The number of thiazole rings is 1. The van der Waals surface area contributed by atoms with E-state index in [1.54, 1.807) is 11.3 Å². The molecule has 0 aliphatic carbocycles. The minimum atomic E-state index is 0.196. The predicted octanol–water partition coefficient (Wildman–Crippen LogP) is 3.91. The zero-order chi connectivity index (χ0) is 11.9. The first-order valence-corrected chi connectivity index (χ1v) is 6.93. The molecule has 0 spiro atoms. The van der Waals surface area contributed by atoms with Gasteiger partial charge in [-0.05, 0) is 30.5 Å². The third-order valence-electron chi connectivity index (χ3n) is 3.47. The van der Waals surface area contributed by atoms with E-state index in [0.29, 0.717) is 0 Å². The summed E-state index contributed by atoms with van der Waals surface area (Å²) in [4.78, 5) is 9.12. The van der Waals surface area contributed by atoms with Crippen LogP contribution in [-0.2, 0) is 0 Å². The number of hydrogen-bond donors (Lipinski definition) is 0. The number of nitrogens with zero attached hydrogens (tertiary/aromatic N) is 2. The third-order valence-corrected chi connectivity index (χ3v) is 4.28. The van der Waals surface area contributed by atoms with Gasteiger partial charge in [0.1, 0.15) is 0 Å². The zero-order valence-electron chi connectivity index (χ0n) is 10.2. The average molecular weight is 244 g/mol. The number of aliphatic imine (C=N–C) groups is 1. The standard InChI is InChI=1S/C14H16N2S/c1-14(2)6-3-7-15-13(14)10-4-5-12-11(8-10)16-9-17-12/h4-5,8-9H,3,6-7H2,1-2H3. The smallest absolute Gasteiger partial charge is 0.0818 e. The van der Waals surface area contributed by atoms with Crippen molar-refractivity contribution < 1.29 is 0 Å². The maximum atomic E-state index is 4.74. The van der Waals surface area contributed by atoms with Gasteiger partial charge in [0.2, 0.25) is 0 Å². The first-order valence-electron chi connectivity index (χ1n) is 6.05. The zero-order valence-corrected chi connectivity index (χ0v) is 11.0. The summed E-state index contributed by atoms with van der Waals surface area (Å²) in [7, 11) is 0. The van der Waals surface area contributed by atoms with Crippen LogP contribution in [0.25, 0.3) is 10.2 Å². The van der Waals surface area contributed by atoms with Crippen molar-refractivity contribution in [2.75, 3.05) is 6.54 Å². The number of hydrogen-bond acceptors (Lipinski definition) is 3. The molecule has 17 heavy (non-hydrogen) atoms. The SMILES string of the molecule is CC1(C)CCCN=C1c1ccc2scnc2c1. The topological polar surface area (TPSA) is 25.2 Å². The van der Waals surface area contributed by atoms with E-state index in [1.165, 1.54) is 28.8 Å². The van der Waals surface area contributed by atoms with Gasteiger partial charge in [-0.15, -0.1) is 11.3 Å². The van der Waals surface area contributed by atoms with Crippen molar-refractivity contribution >= 4 is 27.3 Å². The Hall–Kier alpha value is -1.22. The van der Waals surface area contributed by atoms with Crippen LogP contribution in [0.15, 0.2) is 28.7 Å². The van der Waals surface area contributed by atoms with Crippen LogP contribution in [0.5, 0.6) is 0 Å². The van der Waals surface area contributed by atoms with E-state index in [1.807, 2.05) is 5.51 Å². The molecule has 2 nitrogen and oxygen atoms in total. The van der Waals surface area contributed by atoms with E-state index in [4.69, 9.17) is 4.99 Å². The van der Waals surface area contributed by atoms with Gasteiger partial charge < -0.3 is 0 Å². The van der Waals surface area contributed by atoms with Crippen LogP contribution < -0.4 is 0 Å². The molecule has 0 saturated carbocycles. The predicted molar refractivity (Wildman–Crippen MR) is 74.0 cm³/mol. The highest BCUT2D eigenvalue weighted by molar-refractivity contribution is 7.16. The molecule has 3 heteroatoms. The van der Waals surface area contributed by atoms with Crippen LogP contribution in [0.4, 0.5) is 0 Å². The molecule has 1 aromatic carbocycles. The van der Waals surface area contributed by atoms with E-state index in [2.05, 4.69) is 37.0 Å². The van der Waals surface area contributed by atoms with E-state index < -0.39 is 0 Å². The van der Waals surface area contributed by atoms with Crippen molar-refractivity contribution in [3.8, 4) is 0 Å². The van der Waals surface area contributed by atoms with Crippen LogP contribution in [0.1, 0.15) is 32.3 Å². The molecule has 0 N–H and O–H groups in total. The molecule has 1 aliphatic rings. The Bertz CT molecular complexity index is 581. The lowest BCUT2D eigenvalue weighted by Gasteiger charge is -2.30. The van der Waals surface area contributed by atoms with Crippen LogP contribution in [0.3, 0.4) is 0 Å². The first kappa shape index (κ1) is 10.9. The maximum Gasteiger partial charge on any atom is 0.0818 e. The van der Waals surface area contributed by atoms with E-state index in [0.717, 1.165) is 12.1 Å². The highest BCUT2D eigenvalue weighted by Gasteiger charge is 2.28. The van der Waals surface area contributed by atoms with Gasteiger partial charge in [-0.2, -0.15) is 0 Å². The van der Waals surface area contributed by atoms with Gasteiger partial charge in [-0.25, -0.2) is 4.98 Å². The number of rotatable bonds is 1. The minimum absolute atomic E-state index is 0.196. The minimum Gasteiger partial charge on any atom is -0.289 e. The molecule has 0 amide bonds. The van der Waals surface area contributed by atoms with Crippen molar-refractivity contribution in [2.45, 2.75) is 26.7 Å². The molecular weight excluding hydrogens is 228 g/mol. The van der Waals surface area contributed by atoms with Crippen molar-refractivity contribution in [1.82, 2.24) is 4.98 Å². The van der Waals surface area contributed by atoms with Gasteiger partial charge >= 0.3 is 0 Å². The Morgan fingerprint density at radius 2 is 2.18 bits per heavy atom. The molecule has 1 aliphatic heterocycles. The molecule has 1 aromatic heterocycles. The van der Waals surface area contributed by atoms with Crippen LogP contribution in [0.2, 0.25) is 0 Å². The summed E-state index contributed by atoms with van der Waals surface area (Å²) < 4.78 is 1.25. The molecule has 0 bridgehead atoms. The van der Waals surface area contributed by atoms with Crippen molar-refractivity contribution in [3.05, 3.63) is 29.3 Å². The second-order valence-corrected chi connectivity index (χ2v) is 6.14. The number of aromatic nitrogens is 1. The second-order valence-electron chi connectivity index (χ2n) is 5.25. The first-order chi connectivity index (χ1) is 8.17. The lowest BCUT2D eigenvalue weighted by atomic mass is 9.78. The van der Waals surface area contributed by atoms with E-state index in [-0.39, 0.29) is 5.41 Å². The van der Waals surface area contributed by atoms with Gasteiger partial charge in [0.15, 0.2) is 0 Å². The highest BCUT2D eigenvalue weighted by Crippen LogP contribution is 2.32. The summed E-state index contributed by atoms with van der Waals surface area (Å²) in [5.41, 5.74) is 5.69. The van der Waals surface area contributed by atoms with E-state index >= 15 is 0 Å². The average Bonchev–Trinajstić information content (AvgIpc) is 2.75.